The van der Waals surface area contributed by atoms with Crippen LogP contribution in [0.1, 0.15) is 43.4 Å². The molecule has 0 unspecified atom stereocenters. The van der Waals surface area contributed by atoms with E-state index in [9.17, 15) is 0 Å². The van der Waals surface area contributed by atoms with Crippen LogP contribution in [0.5, 0.6) is 0 Å². The van der Waals surface area contributed by atoms with E-state index in [-0.39, 0.29) is 0 Å². The second-order valence-electron chi connectivity index (χ2n) is 5.02. The Labute approximate surface area is 102 Å². The SMILES string of the molecule is Cc1nnc(COC2CCNCC2)n1C1CC1. The van der Waals surface area contributed by atoms with E-state index in [2.05, 4.69) is 20.1 Å². The molecule has 0 aromatic carbocycles. The van der Waals surface area contributed by atoms with Crippen LogP contribution in [0.4, 0.5) is 0 Å². The molecule has 1 saturated heterocycles. The summed E-state index contributed by atoms with van der Waals surface area (Å²) >= 11 is 0. The number of aryl methyl sites for hydroxylation is 1. The molecule has 5 nitrogen and oxygen atoms in total. The zero-order valence-electron chi connectivity index (χ0n) is 10.4. The fourth-order valence-electron chi connectivity index (χ4n) is 2.47. The molecule has 1 aliphatic heterocycles. The summed E-state index contributed by atoms with van der Waals surface area (Å²) < 4.78 is 8.19. The van der Waals surface area contributed by atoms with Crippen LogP contribution in [0, 0.1) is 6.92 Å². The van der Waals surface area contributed by atoms with Crippen LogP contribution in [0.25, 0.3) is 0 Å². The molecule has 0 amide bonds. The molecule has 1 N–H and O–H groups in total. The van der Waals surface area contributed by atoms with Gasteiger partial charge < -0.3 is 14.6 Å². The molecular weight excluding hydrogens is 216 g/mol. The summed E-state index contributed by atoms with van der Waals surface area (Å²) in [6.45, 7) is 4.78. The molecule has 5 heteroatoms. The molecule has 1 aromatic heterocycles. The van der Waals surface area contributed by atoms with Gasteiger partial charge in [-0.2, -0.15) is 0 Å². The molecule has 1 saturated carbocycles. The van der Waals surface area contributed by atoms with Crippen LogP contribution in [0.15, 0.2) is 0 Å². The number of aromatic nitrogens is 3. The molecule has 1 aliphatic carbocycles. The van der Waals surface area contributed by atoms with Gasteiger partial charge in [-0.15, -0.1) is 10.2 Å². The van der Waals surface area contributed by atoms with Crippen molar-refractivity contribution in [2.75, 3.05) is 13.1 Å². The maximum atomic E-state index is 5.94. The second kappa shape index (κ2) is 4.74. The Morgan fingerprint density at radius 3 is 2.71 bits per heavy atom. The molecule has 0 bridgehead atoms. The number of rotatable bonds is 4. The topological polar surface area (TPSA) is 52.0 Å². The van der Waals surface area contributed by atoms with Crippen molar-refractivity contribution in [1.29, 1.82) is 0 Å². The van der Waals surface area contributed by atoms with Crippen molar-refractivity contribution < 1.29 is 4.74 Å². The highest BCUT2D eigenvalue weighted by Crippen LogP contribution is 2.36. The number of nitrogens with zero attached hydrogens (tertiary/aromatic N) is 3. The average Bonchev–Trinajstić information content (AvgIpc) is 3.12. The predicted molar refractivity (Wildman–Crippen MR) is 63.7 cm³/mol. The average molecular weight is 236 g/mol. The molecule has 1 aromatic rings. The number of ether oxygens (including phenoxy) is 1. The highest BCUT2D eigenvalue weighted by atomic mass is 16.5. The minimum absolute atomic E-state index is 0.390. The van der Waals surface area contributed by atoms with E-state index >= 15 is 0 Å². The van der Waals surface area contributed by atoms with Crippen molar-refractivity contribution in [3.8, 4) is 0 Å². The first kappa shape index (κ1) is 11.2. The van der Waals surface area contributed by atoms with Crippen molar-refractivity contribution >= 4 is 0 Å². The summed E-state index contributed by atoms with van der Waals surface area (Å²) in [4.78, 5) is 0. The van der Waals surface area contributed by atoms with Gasteiger partial charge >= 0.3 is 0 Å². The Kier molecular flexibility index (Phi) is 3.11. The van der Waals surface area contributed by atoms with Gasteiger partial charge in [-0.3, -0.25) is 0 Å². The predicted octanol–water partition coefficient (Wildman–Crippen LogP) is 1.19. The zero-order chi connectivity index (χ0) is 11.7. The first-order valence-corrected chi connectivity index (χ1v) is 6.57. The lowest BCUT2D eigenvalue weighted by atomic mass is 10.1. The van der Waals surface area contributed by atoms with Gasteiger partial charge in [-0.05, 0) is 45.7 Å². The van der Waals surface area contributed by atoms with E-state index in [1.54, 1.807) is 0 Å². The third-order valence-corrected chi connectivity index (χ3v) is 3.58. The number of piperidine rings is 1. The van der Waals surface area contributed by atoms with Crippen LogP contribution in [-0.2, 0) is 11.3 Å². The quantitative estimate of drug-likeness (QED) is 0.853. The van der Waals surface area contributed by atoms with Crippen molar-refractivity contribution in [3.05, 3.63) is 11.6 Å². The zero-order valence-corrected chi connectivity index (χ0v) is 10.4. The fraction of sp³-hybridized carbons (Fsp3) is 0.833. The maximum absolute atomic E-state index is 5.94. The molecule has 0 atom stereocenters. The minimum Gasteiger partial charge on any atom is -0.370 e. The summed E-state index contributed by atoms with van der Waals surface area (Å²) in [5.41, 5.74) is 0. The molecular formula is C12H20N4O. The van der Waals surface area contributed by atoms with Crippen LogP contribution >= 0.6 is 0 Å². The van der Waals surface area contributed by atoms with Crippen molar-refractivity contribution in [1.82, 2.24) is 20.1 Å². The van der Waals surface area contributed by atoms with Gasteiger partial charge in [0.15, 0.2) is 5.82 Å². The van der Waals surface area contributed by atoms with Crippen LogP contribution in [0.3, 0.4) is 0 Å². The number of nitrogens with one attached hydrogen (secondary N) is 1. The first-order chi connectivity index (χ1) is 8.34. The number of hydrogen-bond acceptors (Lipinski definition) is 4. The normalized spacial score (nSPS) is 21.9. The van der Waals surface area contributed by atoms with E-state index in [1.807, 2.05) is 6.92 Å². The summed E-state index contributed by atoms with van der Waals surface area (Å²) in [7, 11) is 0. The van der Waals surface area contributed by atoms with Crippen molar-refractivity contribution in [3.63, 3.8) is 0 Å². The van der Waals surface area contributed by atoms with Crippen molar-refractivity contribution in [2.45, 2.75) is 51.4 Å². The van der Waals surface area contributed by atoms with Gasteiger partial charge in [-0.25, -0.2) is 0 Å². The van der Waals surface area contributed by atoms with E-state index in [4.69, 9.17) is 4.74 Å². The standard InChI is InChI=1S/C12H20N4O/c1-9-14-15-12(16(9)10-2-3-10)8-17-11-4-6-13-7-5-11/h10-11,13H,2-8H2,1H3. The summed E-state index contributed by atoms with van der Waals surface area (Å²) in [5, 5.41) is 11.7. The second-order valence-corrected chi connectivity index (χ2v) is 5.02. The highest BCUT2D eigenvalue weighted by molar-refractivity contribution is 5.00. The molecule has 94 valence electrons. The summed E-state index contributed by atoms with van der Waals surface area (Å²) in [5.74, 6) is 2.03. The Hall–Kier alpha value is -0.940. The molecule has 0 spiro atoms. The smallest absolute Gasteiger partial charge is 0.159 e. The summed E-state index contributed by atoms with van der Waals surface area (Å²) in [6, 6.07) is 0.636. The van der Waals surface area contributed by atoms with Gasteiger partial charge in [0.2, 0.25) is 0 Å². The molecule has 2 aliphatic rings. The van der Waals surface area contributed by atoms with Gasteiger partial charge in [0.25, 0.3) is 0 Å². The largest absolute Gasteiger partial charge is 0.370 e. The lowest BCUT2D eigenvalue weighted by molar-refractivity contribution is 0.0162. The van der Waals surface area contributed by atoms with Gasteiger partial charge in [0.1, 0.15) is 12.4 Å². The molecule has 17 heavy (non-hydrogen) atoms. The molecule has 2 heterocycles. The monoisotopic (exact) mass is 236 g/mol. The molecule has 0 radical (unpaired) electrons. The van der Waals surface area contributed by atoms with Crippen molar-refractivity contribution in [2.24, 2.45) is 0 Å². The van der Waals surface area contributed by atoms with E-state index in [0.29, 0.717) is 18.8 Å². The summed E-state index contributed by atoms with van der Waals surface area (Å²) in [6.07, 6.45) is 5.13. The van der Waals surface area contributed by atoms with E-state index in [0.717, 1.165) is 37.6 Å². The van der Waals surface area contributed by atoms with Crippen LogP contribution in [0.2, 0.25) is 0 Å². The van der Waals surface area contributed by atoms with Gasteiger partial charge in [-0.1, -0.05) is 0 Å². The minimum atomic E-state index is 0.390. The highest BCUT2D eigenvalue weighted by Gasteiger charge is 2.28. The lowest BCUT2D eigenvalue weighted by Crippen LogP contribution is -2.32. The Morgan fingerprint density at radius 1 is 1.24 bits per heavy atom. The van der Waals surface area contributed by atoms with E-state index in [1.165, 1.54) is 12.8 Å². The van der Waals surface area contributed by atoms with Crippen LogP contribution in [-0.4, -0.2) is 34.0 Å². The molecule has 2 fully saturated rings. The van der Waals surface area contributed by atoms with Gasteiger partial charge in [0, 0.05) is 6.04 Å². The van der Waals surface area contributed by atoms with E-state index < -0.39 is 0 Å². The third kappa shape index (κ3) is 2.50. The Bertz CT molecular complexity index is 380. The third-order valence-electron chi connectivity index (χ3n) is 3.58. The van der Waals surface area contributed by atoms with Gasteiger partial charge in [0.05, 0.1) is 6.10 Å². The van der Waals surface area contributed by atoms with Crippen LogP contribution < -0.4 is 5.32 Å². The maximum Gasteiger partial charge on any atom is 0.159 e. The Balaban J connectivity index is 1.60. The number of hydrogen-bond donors (Lipinski definition) is 1. The molecule has 3 rings (SSSR count). The fourth-order valence-corrected chi connectivity index (χ4v) is 2.47. The Morgan fingerprint density at radius 2 is 2.00 bits per heavy atom. The first-order valence-electron chi connectivity index (χ1n) is 6.57. The lowest BCUT2D eigenvalue weighted by Gasteiger charge is -2.22.